The summed E-state index contributed by atoms with van der Waals surface area (Å²) in [6.07, 6.45) is 0.323. The van der Waals surface area contributed by atoms with E-state index in [1.807, 2.05) is 0 Å². The Kier molecular flexibility index (Phi) is 4.92. The summed E-state index contributed by atoms with van der Waals surface area (Å²) < 4.78 is 22.3. The smallest absolute Gasteiger partial charge is 0.238 e. The first-order valence-electron chi connectivity index (χ1n) is 6.07. The average molecular weight is 314 g/mol. The molecule has 1 aromatic carbocycles. The third-order valence-electron chi connectivity index (χ3n) is 3.32. The molecule has 0 radical (unpaired) electrons. The van der Waals surface area contributed by atoms with Crippen LogP contribution in [-0.2, 0) is 14.8 Å². The van der Waals surface area contributed by atoms with E-state index in [4.69, 9.17) is 16.1 Å². The SMILES string of the molecule is CCC(C)(C(=O)Nc1ccc(S(N)(=O)=O)cc1)/C(N)=N/O. The maximum atomic E-state index is 12.2. The summed E-state index contributed by atoms with van der Waals surface area (Å²) in [5.74, 6) is -0.674. The van der Waals surface area contributed by atoms with Gasteiger partial charge in [-0.1, -0.05) is 12.1 Å². The molecule has 1 amide bonds. The Bertz CT molecular complexity index is 654. The van der Waals surface area contributed by atoms with Crippen LogP contribution in [0.3, 0.4) is 0 Å². The van der Waals surface area contributed by atoms with Crippen LogP contribution >= 0.6 is 0 Å². The van der Waals surface area contributed by atoms with Gasteiger partial charge in [0.2, 0.25) is 15.9 Å². The van der Waals surface area contributed by atoms with Gasteiger partial charge < -0.3 is 16.3 Å². The number of nitrogens with one attached hydrogen (secondary N) is 1. The Morgan fingerprint density at radius 2 is 1.90 bits per heavy atom. The molecule has 0 aliphatic carbocycles. The van der Waals surface area contributed by atoms with Gasteiger partial charge in [0, 0.05) is 5.69 Å². The highest BCUT2D eigenvalue weighted by molar-refractivity contribution is 7.89. The molecule has 0 heterocycles. The molecular formula is C12H18N4O4S. The molecule has 0 aliphatic rings. The second kappa shape index (κ2) is 6.10. The highest BCUT2D eigenvalue weighted by atomic mass is 32.2. The number of rotatable bonds is 5. The fourth-order valence-corrected chi connectivity index (χ4v) is 2.08. The molecule has 6 N–H and O–H groups in total. The number of sulfonamides is 1. The molecule has 0 spiro atoms. The lowest BCUT2D eigenvalue weighted by Gasteiger charge is -2.25. The highest BCUT2D eigenvalue weighted by Gasteiger charge is 2.36. The van der Waals surface area contributed by atoms with Gasteiger partial charge >= 0.3 is 0 Å². The molecule has 1 rings (SSSR count). The van der Waals surface area contributed by atoms with Crippen molar-refractivity contribution >= 4 is 27.5 Å². The van der Waals surface area contributed by atoms with Crippen LogP contribution in [0.2, 0.25) is 0 Å². The number of hydrogen-bond donors (Lipinski definition) is 4. The van der Waals surface area contributed by atoms with Crippen molar-refractivity contribution in [2.24, 2.45) is 21.4 Å². The first-order valence-corrected chi connectivity index (χ1v) is 7.62. The van der Waals surface area contributed by atoms with Crippen LogP contribution < -0.4 is 16.2 Å². The highest BCUT2D eigenvalue weighted by Crippen LogP contribution is 2.24. The fraction of sp³-hybridized carbons (Fsp3) is 0.333. The number of primary sulfonamides is 1. The van der Waals surface area contributed by atoms with E-state index in [0.29, 0.717) is 12.1 Å². The van der Waals surface area contributed by atoms with Crippen molar-refractivity contribution in [1.82, 2.24) is 0 Å². The molecule has 9 heteroatoms. The summed E-state index contributed by atoms with van der Waals surface area (Å²) in [6, 6.07) is 5.36. The van der Waals surface area contributed by atoms with Crippen LogP contribution in [0, 0.1) is 5.41 Å². The van der Waals surface area contributed by atoms with Gasteiger partial charge in [0.15, 0.2) is 5.84 Å². The number of hydrogen-bond acceptors (Lipinski definition) is 5. The number of amides is 1. The molecule has 116 valence electrons. The molecule has 0 fully saturated rings. The minimum absolute atomic E-state index is 0.0600. The average Bonchev–Trinajstić information content (AvgIpc) is 2.44. The second-order valence-electron chi connectivity index (χ2n) is 4.69. The summed E-state index contributed by atoms with van der Waals surface area (Å²) >= 11 is 0. The first-order chi connectivity index (χ1) is 9.65. The number of carbonyl (C=O) groups is 1. The van der Waals surface area contributed by atoms with Crippen molar-refractivity contribution in [3.8, 4) is 0 Å². The van der Waals surface area contributed by atoms with Crippen LogP contribution in [-0.4, -0.2) is 25.4 Å². The molecule has 0 saturated carbocycles. The number of nitrogens with zero attached hydrogens (tertiary/aromatic N) is 1. The largest absolute Gasteiger partial charge is 0.409 e. The van der Waals surface area contributed by atoms with E-state index in [9.17, 15) is 13.2 Å². The van der Waals surface area contributed by atoms with Crippen LogP contribution in [0.4, 0.5) is 5.69 Å². The quantitative estimate of drug-likeness (QED) is 0.269. The van der Waals surface area contributed by atoms with E-state index < -0.39 is 21.3 Å². The Morgan fingerprint density at radius 1 is 1.38 bits per heavy atom. The molecule has 0 bridgehead atoms. The Morgan fingerprint density at radius 3 is 2.29 bits per heavy atom. The molecule has 1 aromatic rings. The number of carbonyl (C=O) groups excluding carboxylic acids is 1. The number of anilines is 1. The minimum Gasteiger partial charge on any atom is -0.409 e. The van der Waals surface area contributed by atoms with Crippen molar-refractivity contribution in [2.45, 2.75) is 25.2 Å². The predicted molar refractivity (Wildman–Crippen MR) is 78.3 cm³/mol. The van der Waals surface area contributed by atoms with Crippen molar-refractivity contribution in [3.63, 3.8) is 0 Å². The standard InChI is InChI=1S/C12H18N4O4S/c1-3-12(2,10(13)16-18)11(17)15-8-4-6-9(7-5-8)21(14,19)20/h4-7,18H,3H2,1-2H3,(H2,13,16)(H,15,17)(H2,14,19,20). The van der Waals surface area contributed by atoms with Crippen LogP contribution in [0.15, 0.2) is 34.3 Å². The van der Waals surface area contributed by atoms with E-state index in [0.717, 1.165) is 0 Å². The normalized spacial score (nSPS) is 15.3. The number of oxime groups is 1. The van der Waals surface area contributed by atoms with Crippen LogP contribution in [0.25, 0.3) is 0 Å². The number of amidine groups is 1. The number of nitrogens with two attached hydrogens (primary N) is 2. The second-order valence-corrected chi connectivity index (χ2v) is 6.26. The lowest BCUT2D eigenvalue weighted by molar-refractivity contribution is -0.121. The lowest BCUT2D eigenvalue weighted by Crippen LogP contribution is -2.44. The van der Waals surface area contributed by atoms with Crippen molar-refractivity contribution < 1.29 is 18.4 Å². The van der Waals surface area contributed by atoms with Gasteiger partial charge in [0.25, 0.3) is 0 Å². The first kappa shape index (κ1) is 16.9. The van der Waals surface area contributed by atoms with Gasteiger partial charge in [-0.25, -0.2) is 13.6 Å². The van der Waals surface area contributed by atoms with Gasteiger partial charge in [0.1, 0.15) is 5.41 Å². The molecule has 21 heavy (non-hydrogen) atoms. The molecule has 0 saturated heterocycles. The van der Waals surface area contributed by atoms with Crippen molar-refractivity contribution in [3.05, 3.63) is 24.3 Å². The van der Waals surface area contributed by atoms with Crippen LogP contribution in [0.5, 0.6) is 0 Å². The molecule has 8 nitrogen and oxygen atoms in total. The number of benzene rings is 1. The Balaban J connectivity index is 2.98. The van der Waals surface area contributed by atoms with E-state index in [1.54, 1.807) is 6.92 Å². The third-order valence-corrected chi connectivity index (χ3v) is 4.25. The fourth-order valence-electron chi connectivity index (χ4n) is 1.57. The monoisotopic (exact) mass is 314 g/mol. The Labute approximate surface area is 122 Å². The van der Waals surface area contributed by atoms with E-state index in [2.05, 4.69) is 10.5 Å². The predicted octanol–water partition coefficient (Wildman–Crippen LogP) is 0.435. The molecule has 1 unspecified atom stereocenters. The zero-order valence-corrected chi connectivity index (χ0v) is 12.5. The van der Waals surface area contributed by atoms with E-state index in [-0.39, 0.29) is 10.7 Å². The third kappa shape index (κ3) is 3.70. The zero-order chi connectivity index (χ0) is 16.3. The summed E-state index contributed by atoms with van der Waals surface area (Å²) in [4.78, 5) is 12.2. The summed E-state index contributed by atoms with van der Waals surface area (Å²) in [6.45, 7) is 3.26. The zero-order valence-electron chi connectivity index (χ0n) is 11.7. The summed E-state index contributed by atoms with van der Waals surface area (Å²) in [7, 11) is -3.78. The van der Waals surface area contributed by atoms with Gasteiger partial charge in [-0.3, -0.25) is 4.79 Å². The van der Waals surface area contributed by atoms with Crippen molar-refractivity contribution in [1.29, 1.82) is 0 Å². The molecule has 1 atom stereocenters. The molecule has 0 aliphatic heterocycles. The van der Waals surface area contributed by atoms with Gasteiger partial charge in [-0.05, 0) is 37.6 Å². The topological polar surface area (TPSA) is 148 Å². The van der Waals surface area contributed by atoms with E-state index >= 15 is 0 Å². The lowest BCUT2D eigenvalue weighted by atomic mass is 9.85. The van der Waals surface area contributed by atoms with Gasteiger partial charge in [-0.15, -0.1) is 0 Å². The molecular weight excluding hydrogens is 296 g/mol. The summed E-state index contributed by atoms with van der Waals surface area (Å²) in [5, 5.41) is 19.2. The van der Waals surface area contributed by atoms with E-state index in [1.165, 1.54) is 31.2 Å². The summed E-state index contributed by atoms with van der Waals surface area (Å²) in [5.41, 5.74) is 4.74. The molecule has 0 aromatic heterocycles. The maximum Gasteiger partial charge on any atom is 0.238 e. The maximum absolute atomic E-state index is 12.2. The Hall–Kier alpha value is -2.13. The van der Waals surface area contributed by atoms with Gasteiger partial charge in [0.05, 0.1) is 4.90 Å². The minimum atomic E-state index is -3.78. The van der Waals surface area contributed by atoms with Crippen molar-refractivity contribution in [2.75, 3.05) is 5.32 Å². The van der Waals surface area contributed by atoms with Crippen LogP contribution in [0.1, 0.15) is 20.3 Å². The van der Waals surface area contributed by atoms with Gasteiger partial charge in [-0.2, -0.15) is 0 Å².